The van der Waals surface area contributed by atoms with Crippen LogP contribution < -0.4 is 4.90 Å². The molecule has 1 saturated heterocycles. The molecule has 1 aromatic carbocycles. The third-order valence-corrected chi connectivity index (χ3v) is 2.50. The number of hydrogen-bond acceptors (Lipinski definition) is 4. The van der Waals surface area contributed by atoms with Crippen molar-refractivity contribution in [2.45, 2.75) is 12.5 Å². The van der Waals surface area contributed by atoms with E-state index in [9.17, 15) is 9.90 Å². The van der Waals surface area contributed by atoms with Gasteiger partial charge < -0.3 is 14.9 Å². The fourth-order valence-electron chi connectivity index (χ4n) is 1.70. The molecule has 1 atom stereocenters. The molecule has 0 bridgehead atoms. The van der Waals surface area contributed by atoms with Gasteiger partial charge in [-0.3, -0.25) is 4.90 Å². The topological polar surface area (TPSA) is 70.0 Å². The SMILES string of the molecule is O=C1OC(CCO)CN1c1ccccc1O. The second-order valence-corrected chi connectivity index (χ2v) is 3.62. The van der Waals surface area contributed by atoms with Crippen molar-refractivity contribution in [2.75, 3.05) is 18.1 Å². The van der Waals surface area contributed by atoms with Crippen LogP contribution in [-0.4, -0.2) is 35.6 Å². The van der Waals surface area contributed by atoms with Crippen LogP contribution in [0.15, 0.2) is 24.3 Å². The molecule has 0 saturated carbocycles. The van der Waals surface area contributed by atoms with Gasteiger partial charge in [0.2, 0.25) is 0 Å². The van der Waals surface area contributed by atoms with Gasteiger partial charge in [-0.1, -0.05) is 12.1 Å². The molecular weight excluding hydrogens is 210 g/mol. The van der Waals surface area contributed by atoms with E-state index in [2.05, 4.69) is 0 Å². The molecule has 1 amide bonds. The lowest BCUT2D eigenvalue weighted by Crippen LogP contribution is -2.24. The Kier molecular flexibility index (Phi) is 2.96. The molecular formula is C11H13NO4. The average molecular weight is 223 g/mol. The van der Waals surface area contributed by atoms with Crippen molar-refractivity contribution >= 4 is 11.8 Å². The molecule has 16 heavy (non-hydrogen) atoms. The van der Waals surface area contributed by atoms with Gasteiger partial charge in [0.15, 0.2) is 0 Å². The van der Waals surface area contributed by atoms with E-state index in [1.54, 1.807) is 18.2 Å². The molecule has 86 valence electrons. The molecule has 2 rings (SSSR count). The van der Waals surface area contributed by atoms with Crippen molar-refractivity contribution in [3.63, 3.8) is 0 Å². The highest BCUT2D eigenvalue weighted by molar-refractivity contribution is 5.91. The predicted molar refractivity (Wildman–Crippen MR) is 57.4 cm³/mol. The minimum absolute atomic E-state index is 0.0213. The largest absolute Gasteiger partial charge is 0.506 e. The Labute approximate surface area is 92.9 Å². The van der Waals surface area contributed by atoms with Crippen LogP contribution in [0.3, 0.4) is 0 Å². The molecule has 5 heteroatoms. The monoisotopic (exact) mass is 223 g/mol. The molecule has 1 heterocycles. The number of rotatable bonds is 3. The van der Waals surface area contributed by atoms with Crippen LogP contribution in [0.5, 0.6) is 5.75 Å². The maximum atomic E-state index is 11.5. The number of amides is 1. The Morgan fingerprint density at radius 2 is 2.19 bits per heavy atom. The average Bonchev–Trinajstić information content (AvgIpc) is 2.61. The van der Waals surface area contributed by atoms with Gasteiger partial charge in [0.25, 0.3) is 0 Å². The van der Waals surface area contributed by atoms with E-state index in [1.165, 1.54) is 11.0 Å². The smallest absolute Gasteiger partial charge is 0.414 e. The second-order valence-electron chi connectivity index (χ2n) is 3.62. The van der Waals surface area contributed by atoms with Gasteiger partial charge in [-0.05, 0) is 12.1 Å². The van der Waals surface area contributed by atoms with Gasteiger partial charge in [0, 0.05) is 13.0 Å². The molecule has 1 aliphatic heterocycles. The number of para-hydroxylation sites is 2. The fraction of sp³-hybridized carbons (Fsp3) is 0.364. The minimum atomic E-state index is -0.486. The second kappa shape index (κ2) is 4.40. The molecule has 0 aliphatic carbocycles. The zero-order valence-electron chi connectivity index (χ0n) is 8.67. The first-order valence-corrected chi connectivity index (χ1v) is 5.09. The third kappa shape index (κ3) is 1.94. The van der Waals surface area contributed by atoms with Gasteiger partial charge in [0.1, 0.15) is 11.9 Å². The van der Waals surface area contributed by atoms with Crippen molar-refractivity contribution in [1.82, 2.24) is 0 Å². The first-order chi connectivity index (χ1) is 7.72. The Morgan fingerprint density at radius 3 is 2.88 bits per heavy atom. The number of carbonyl (C=O) groups is 1. The molecule has 1 fully saturated rings. The number of phenolic OH excluding ortho intramolecular Hbond substituents is 1. The van der Waals surface area contributed by atoms with Gasteiger partial charge in [-0.15, -0.1) is 0 Å². The van der Waals surface area contributed by atoms with Crippen LogP contribution in [0.4, 0.5) is 10.5 Å². The summed E-state index contributed by atoms with van der Waals surface area (Å²) in [5.74, 6) is 0.0455. The molecule has 0 radical (unpaired) electrons. The number of carbonyl (C=O) groups excluding carboxylic acids is 1. The van der Waals surface area contributed by atoms with Gasteiger partial charge in [-0.2, -0.15) is 0 Å². The summed E-state index contributed by atoms with van der Waals surface area (Å²) in [6.07, 6.45) is -0.382. The number of ether oxygens (including phenoxy) is 1. The van der Waals surface area contributed by atoms with Gasteiger partial charge >= 0.3 is 6.09 Å². The predicted octanol–water partition coefficient (Wildman–Crippen LogP) is 1.10. The molecule has 0 spiro atoms. The molecule has 1 aromatic rings. The Morgan fingerprint density at radius 1 is 1.44 bits per heavy atom. The van der Waals surface area contributed by atoms with E-state index in [1.807, 2.05) is 0 Å². The summed E-state index contributed by atoms with van der Waals surface area (Å²) in [7, 11) is 0. The quantitative estimate of drug-likeness (QED) is 0.805. The van der Waals surface area contributed by atoms with E-state index < -0.39 is 6.09 Å². The highest BCUT2D eigenvalue weighted by atomic mass is 16.6. The summed E-state index contributed by atoms with van der Waals surface area (Å²) in [6, 6.07) is 6.59. The standard InChI is InChI=1S/C11H13NO4/c13-6-5-8-7-12(11(15)16-8)9-3-1-2-4-10(9)14/h1-4,8,13-14H,5-7H2. The van der Waals surface area contributed by atoms with Crippen LogP contribution in [0.25, 0.3) is 0 Å². The van der Waals surface area contributed by atoms with E-state index in [4.69, 9.17) is 9.84 Å². The normalized spacial score (nSPS) is 19.9. The maximum Gasteiger partial charge on any atom is 0.414 e. The van der Waals surface area contributed by atoms with Crippen molar-refractivity contribution in [2.24, 2.45) is 0 Å². The molecule has 1 aliphatic rings. The minimum Gasteiger partial charge on any atom is -0.506 e. The number of aliphatic hydroxyl groups excluding tert-OH is 1. The summed E-state index contributed by atoms with van der Waals surface area (Å²) in [5, 5.41) is 18.4. The fourth-order valence-corrected chi connectivity index (χ4v) is 1.70. The molecule has 0 aromatic heterocycles. The summed E-state index contributed by atoms with van der Waals surface area (Å²) in [4.78, 5) is 12.9. The molecule has 2 N–H and O–H groups in total. The van der Waals surface area contributed by atoms with Crippen LogP contribution >= 0.6 is 0 Å². The summed E-state index contributed by atoms with van der Waals surface area (Å²) in [5.41, 5.74) is 0.438. The number of benzene rings is 1. The van der Waals surface area contributed by atoms with Gasteiger partial charge in [-0.25, -0.2) is 4.79 Å². The van der Waals surface area contributed by atoms with Crippen molar-refractivity contribution in [3.8, 4) is 5.75 Å². The van der Waals surface area contributed by atoms with Crippen LogP contribution in [0, 0.1) is 0 Å². The van der Waals surface area contributed by atoms with E-state index >= 15 is 0 Å². The summed E-state index contributed by atoms with van der Waals surface area (Å²) < 4.78 is 5.04. The number of aliphatic hydroxyl groups is 1. The third-order valence-electron chi connectivity index (χ3n) is 2.50. The molecule has 1 unspecified atom stereocenters. The van der Waals surface area contributed by atoms with E-state index in [-0.39, 0.29) is 18.5 Å². The van der Waals surface area contributed by atoms with E-state index in [0.29, 0.717) is 18.7 Å². The molecule has 5 nitrogen and oxygen atoms in total. The highest BCUT2D eigenvalue weighted by Crippen LogP contribution is 2.30. The lowest BCUT2D eigenvalue weighted by Gasteiger charge is -2.13. The Hall–Kier alpha value is -1.75. The number of nitrogens with zero attached hydrogens (tertiary/aromatic N) is 1. The number of aromatic hydroxyl groups is 1. The first kappa shape index (κ1) is 10.8. The Bertz CT molecular complexity index is 393. The summed E-state index contributed by atoms with van der Waals surface area (Å²) >= 11 is 0. The number of cyclic esters (lactones) is 1. The van der Waals surface area contributed by atoms with Crippen LogP contribution in [-0.2, 0) is 4.74 Å². The maximum absolute atomic E-state index is 11.5. The summed E-state index contributed by atoms with van der Waals surface area (Å²) in [6.45, 7) is 0.337. The van der Waals surface area contributed by atoms with Crippen molar-refractivity contribution in [3.05, 3.63) is 24.3 Å². The number of anilines is 1. The van der Waals surface area contributed by atoms with Crippen molar-refractivity contribution < 1.29 is 19.7 Å². The van der Waals surface area contributed by atoms with Gasteiger partial charge in [0.05, 0.1) is 12.2 Å². The van der Waals surface area contributed by atoms with E-state index in [0.717, 1.165) is 0 Å². The number of phenols is 1. The zero-order chi connectivity index (χ0) is 11.5. The Balaban J connectivity index is 2.17. The van der Waals surface area contributed by atoms with Crippen molar-refractivity contribution in [1.29, 1.82) is 0 Å². The highest BCUT2D eigenvalue weighted by Gasteiger charge is 2.32. The zero-order valence-corrected chi connectivity index (χ0v) is 8.67. The lowest BCUT2D eigenvalue weighted by atomic mass is 10.2. The number of hydrogen-bond donors (Lipinski definition) is 2. The first-order valence-electron chi connectivity index (χ1n) is 5.09. The lowest BCUT2D eigenvalue weighted by molar-refractivity contribution is 0.122. The van der Waals surface area contributed by atoms with Crippen LogP contribution in [0.1, 0.15) is 6.42 Å². The van der Waals surface area contributed by atoms with Crippen LogP contribution in [0.2, 0.25) is 0 Å².